The molecule has 0 radical (unpaired) electrons. The molecule has 0 aliphatic rings. The number of ether oxygens (including phenoxy) is 1. The third-order valence-electron chi connectivity index (χ3n) is 1.91. The van der Waals surface area contributed by atoms with E-state index in [4.69, 9.17) is 0 Å². The smallest absolute Gasteiger partial charge is 0.337 e. The van der Waals surface area contributed by atoms with Gasteiger partial charge in [0.25, 0.3) is 0 Å². The third-order valence-corrected chi connectivity index (χ3v) is 2.44. The Morgan fingerprint density at radius 3 is 2.87 bits per heavy atom. The summed E-state index contributed by atoms with van der Waals surface area (Å²) >= 11 is -2.05. The van der Waals surface area contributed by atoms with E-state index in [1.165, 1.54) is 7.11 Å². The van der Waals surface area contributed by atoms with E-state index in [2.05, 4.69) is 4.74 Å². The minimum atomic E-state index is -2.05. The van der Waals surface area contributed by atoms with Crippen molar-refractivity contribution in [2.24, 2.45) is 0 Å². The molecule has 0 heterocycles. The quantitative estimate of drug-likeness (QED) is 0.566. The van der Waals surface area contributed by atoms with Gasteiger partial charge in [0.15, 0.2) is 0 Å². The third kappa shape index (κ3) is 3.81. The van der Waals surface area contributed by atoms with Gasteiger partial charge in [-0.15, -0.1) is 0 Å². The molecule has 0 saturated heterocycles. The predicted octanol–water partition coefficient (Wildman–Crippen LogP) is 0.895. The first kappa shape index (κ1) is 11.9. The molecule has 0 N–H and O–H groups in total. The molecule has 1 aromatic rings. The highest BCUT2D eigenvalue weighted by atomic mass is 32.2. The molecule has 4 nitrogen and oxygen atoms in total. The van der Waals surface area contributed by atoms with Gasteiger partial charge >= 0.3 is 5.97 Å². The molecule has 0 aromatic heterocycles. The van der Waals surface area contributed by atoms with Crippen LogP contribution in [0.2, 0.25) is 0 Å². The molecule has 82 valence electrons. The van der Waals surface area contributed by atoms with E-state index in [1.54, 1.807) is 24.3 Å². The number of aryl methyl sites for hydroxylation is 1. The number of methoxy groups -OCH3 is 1. The number of carbonyl (C=O) groups excluding carboxylic acids is 1. The van der Waals surface area contributed by atoms with Crippen LogP contribution in [0.25, 0.3) is 0 Å². The van der Waals surface area contributed by atoms with E-state index < -0.39 is 17.0 Å². The highest BCUT2D eigenvalue weighted by molar-refractivity contribution is 7.79. The van der Waals surface area contributed by atoms with E-state index in [1.807, 2.05) is 0 Å². The summed E-state index contributed by atoms with van der Waals surface area (Å²) in [5.41, 5.74) is 1.24. The monoisotopic (exact) mass is 227 g/mol. The average molecular weight is 227 g/mol. The van der Waals surface area contributed by atoms with Crippen molar-refractivity contribution >= 4 is 17.0 Å². The standard InChI is InChI=1S/C10H12O4S/c1-14-10(11)9-4-2-3-8(7-9)5-6-15(12)13/h2-4,7H,5-6H2,1H3,(H,12,13)/p-1. The molecule has 0 spiro atoms. The minimum Gasteiger partial charge on any atom is -0.772 e. The van der Waals surface area contributed by atoms with Crippen LogP contribution in [0, 0.1) is 0 Å². The number of esters is 1. The molecular formula is C10H11O4S-. The zero-order valence-corrected chi connectivity index (χ0v) is 9.08. The van der Waals surface area contributed by atoms with E-state index in [0.717, 1.165) is 5.56 Å². The summed E-state index contributed by atoms with van der Waals surface area (Å²) < 4.78 is 25.3. The largest absolute Gasteiger partial charge is 0.772 e. The SMILES string of the molecule is COC(=O)c1cccc(CCS(=O)[O-])c1. The summed E-state index contributed by atoms with van der Waals surface area (Å²) in [5, 5.41) is 0. The molecule has 0 aliphatic carbocycles. The highest BCUT2D eigenvalue weighted by Gasteiger charge is 2.05. The molecule has 1 aromatic carbocycles. The molecule has 0 bridgehead atoms. The van der Waals surface area contributed by atoms with Gasteiger partial charge in [0, 0.05) is 5.75 Å². The van der Waals surface area contributed by atoms with Crippen molar-refractivity contribution in [3.63, 3.8) is 0 Å². The first-order chi connectivity index (χ1) is 7.13. The second-order valence-electron chi connectivity index (χ2n) is 2.95. The van der Waals surface area contributed by atoms with E-state index >= 15 is 0 Å². The van der Waals surface area contributed by atoms with Crippen LogP contribution in [0.4, 0.5) is 0 Å². The Balaban J connectivity index is 2.74. The van der Waals surface area contributed by atoms with Gasteiger partial charge in [0.1, 0.15) is 0 Å². The molecular weight excluding hydrogens is 216 g/mol. The zero-order chi connectivity index (χ0) is 11.3. The molecule has 0 amide bonds. The number of rotatable bonds is 4. The summed E-state index contributed by atoms with van der Waals surface area (Å²) in [6.07, 6.45) is 0.404. The van der Waals surface area contributed by atoms with Crippen molar-refractivity contribution < 1.29 is 18.3 Å². The topological polar surface area (TPSA) is 66.4 Å². The summed E-state index contributed by atoms with van der Waals surface area (Å²) in [6.45, 7) is 0. The number of hydrogen-bond acceptors (Lipinski definition) is 4. The maximum absolute atomic E-state index is 11.2. The van der Waals surface area contributed by atoms with Crippen molar-refractivity contribution in [2.45, 2.75) is 6.42 Å². The Kier molecular flexibility index (Phi) is 4.45. The lowest BCUT2D eigenvalue weighted by atomic mass is 10.1. The predicted molar refractivity (Wildman–Crippen MR) is 55.3 cm³/mol. The van der Waals surface area contributed by atoms with Gasteiger partial charge < -0.3 is 9.29 Å². The fourth-order valence-electron chi connectivity index (χ4n) is 1.17. The van der Waals surface area contributed by atoms with Gasteiger partial charge in [0.2, 0.25) is 0 Å². The van der Waals surface area contributed by atoms with Gasteiger partial charge in [0.05, 0.1) is 12.7 Å². The van der Waals surface area contributed by atoms with Crippen molar-refractivity contribution in [1.82, 2.24) is 0 Å². The van der Waals surface area contributed by atoms with Crippen molar-refractivity contribution in [1.29, 1.82) is 0 Å². The fourth-order valence-corrected chi connectivity index (χ4v) is 1.58. The van der Waals surface area contributed by atoms with Crippen LogP contribution in [0.5, 0.6) is 0 Å². The maximum atomic E-state index is 11.2. The molecule has 5 heteroatoms. The molecule has 1 unspecified atom stereocenters. The number of carbonyl (C=O) groups is 1. The lowest BCUT2D eigenvalue weighted by molar-refractivity contribution is 0.0600. The van der Waals surface area contributed by atoms with Crippen LogP contribution in [0.15, 0.2) is 24.3 Å². The van der Waals surface area contributed by atoms with Gasteiger partial charge in [-0.2, -0.15) is 0 Å². The average Bonchev–Trinajstić information content (AvgIpc) is 2.25. The lowest BCUT2D eigenvalue weighted by Gasteiger charge is -2.06. The van der Waals surface area contributed by atoms with Crippen LogP contribution < -0.4 is 0 Å². The van der Waals surface area contributed by atoms with Crippen LogP contribution in [0.1, 0.15) is 15.9 Å². The van der Waals surface area contributed by atoms with Crippen molar-refractivity contribution in [3.05, 3.63) is 35.4 Å². The van der Waals surface area contributed by atoms with Crippen LogP contribution in [-0.4, -0.2) is 27.6 Å². The molecule has 1 atom stereocenters. The second kappa shape index (κ2) is 5.63. The first-order valence-electron chi connectivity index (χ1n) is 4.36. The number of benzene rings is 1. The Morgan fingerprint density at radius 2 is 2.27 bits per heavy atom. The summed E-state index contributed by atoms with van der Waals surface area (Å²) in [5.74, 6) is -0.356. The Bertz CT molecular complexity index is 375. The molecule has 0 aliphatic heterocycles. The number of hydrogen-bond donors (Lipinski definition) is 0. The van der Waals surface area contributed by atoms with E-state index in [9.17, 15) is 13.6 Å². The van der Waals surface area contributed by atoms with Crippen LogP contribution >= 0.6 is 0 Å². The van der Waals surface area contributed by atoms with Crippen LogP contribution in [0.3, 0.4) is 0 Å². The maximum Gasteiger partial charge on any atom is 0.337 e. The Labute approximate surface area is 90.5 Å². The zero-order valence-electron chi connectivity index (χ0n) is 8.26. The van der Waals surface area contributed by atoms with Gasteiger partial charge in [-0.1, -0.05) is 23.2 Å². The van der Waals surface area contributed by atoms with Crippen molar-refractivity contribution in [3.8, 4) is 0 Å². The van der Waals surface area contributed by atoms with Gasteiger partial charge in [-0.05, 0) is 24.1 Å². The van der Waals surface area contributed by atoms with Crippen molar-refractivity contribution in [2.75, 3.05) is 12.9 Å². The first-order valence-corrected chi connectivity index (χ1v) is 5.61. The molecule has 15 heavy (non-hydrogen) atoms. The van der Waals surface area contributed by atoms with E-state index in [-0.39, 0.29) is 5.75 Å². The minimum absolute atomic E-state index is 0.0601. The van der Waals surface area contributed by atoms with Crippen LogP contribution in [-0.2, 0) is 22.2 Å². The summed E-state index contributed by atoms with van der Waals surface area (Å²) in [6, 6.07) is 6.75. The van der Waals surface area contributed by atoms with E-state index in [0.29, 0.717) is 12.0 Å². The summed E-state index contributed by atoms with van der Waals surface area (Å²) in [7, 11) is 1.31. The normalized spacial score (nSPS) is 12.1. The van der Waals surface area contributed by atoms with Gasteiger partial charge in [-0.3, -0.25) is 4.21 Å². The van der Waals surface area contributed by atoms with Gasteiger partial charge in [-0.25, -0.2) is 4.79 Å². The summed E-state index contributed by atoms with van der Waals surface area (Å²) in [4.78, 5) is 11.2. The fraction of sp³-hybridized carbons (Fsp3) is 0.300. The Hall–Kier alpha value is -1.20. The lowest BCUT2D eigenvalue weighted by Crippen LogP contribution is -2.04. The molecule has 1 rings (SSSR count). The Morgan fingerprint density at radius 1 is 1.53 bits per heavy atom. The second-order valence-corrected chi connectivity index (χ2v) is 3.97. The molecule has 0 saturated carbocycles. The molecule has 0 fully saturated rings. The highest BCUT2D eigenvalue weighted by Crippen LogP contribution is 2.07.